The molecule has 0 amide bonds. The van der Waals surface area contributed by atoms with E-state index in [0.29, 0.717) is 0 Å². The lowest BCUT2D eigenvalue weighted by atomic mass is 10.1. The van der Waals surface area contributed by atoms with Crippen LogP contribution in [0.4, 0.5) is 11.4 Å². The minimum Gasteiger partial charge on any atom is -0.382 e. The Kier molecular flexibility index (Phi) is 2.44. The van der Waals surface area contributed by atoms with Crippen LogP contribution >= 0.6 is 0 Å². The fourth-order valence-corrected chi connectivity index (χ4v) is 1.87. The van der Waals surface area contributed by atoms with E-state index in [0.717, 1.165) is 19.5 Å². The Labute approximate surface area is 85.2 Å². The van der Waals surface area contributed by atoms with E-state index in [1.807, 2.05) is 6.08 Å². The van der Waals surface area contributed by atoms with Crippen LogP contribution < -0.4 is 10.2 Å². The van der Waals surface area contributed by atoms with Crippen LogP contribution in [0.25, 0.3) is 0 Å². The smallest absolute Gasteiger partial charge is 0.0398 e. The van der Waals surface area contributed by atoms with Gasteiger partial charge in [0.05, 0.1) is 0 Å². The van der Waals surface area contributed by atoms with Crippen molar-refractivity contribution in [3.8, 4) is 0 Å². The Morgan fingerprint density at radius 2 is 2.43 bits per heavy atom. The summed E-state index contributed by atoms with van der Waals surface area (Å²) in [5, 5.41) is 3.30. The topological polar surface area (TPSA) is 15.3 Å². The second-order valence-corrected chi connectivity index (χ2v) is 3.68. The number of fused-ring (bicyclic) bond motifs is 1. The van der Waals surface area contributed by atoms with Crippen LogP contribution in [0.3, 0.4) is 0 Å². The van der Waals surface area contributed by atoms with Crippen LogP contribution in [-0.2, 0) is 6.42 Å². The van der Waals surface area contributed by atoms with Gasteiger partial charge in [-0.15, -0.1) is 6.58 Å². The van der Waals surface area contributed by atoms with E-state index < -0.39 is 0 Å². The molecule has 14 heavy (non-hydrogen) atoms. The first-order chi connectivity index (χ1) is 6.81. The molecule has 0 aliphatic carbocycles. The highest BCUT2D eigenvalue weighted by Crippen LogP contribution is 2.28. The average Bonchev–Trinajstić information content (AvgIpc) is 2.57. The van der Waals surface area contributed by atoms with Gasteiger partial charge >= 0.3 is 0 Å². The fraction of sp³-hybridized carbons (Fsp3) is 0.333. The molecule has 0 atom stereocenters. The summed E-state index contributed by atoms with van der Waals surface area (Å²) in [6.45, 7) is 5.66. The Morgan fingerprint density at radius 1 is 1.57 bits per heavy atom. The molecule has 1 N–H and O–H groups in total. The number of hydrogen-bond donors (Lipinski definition) is 1. The molecule has 1 aliphatic heterocycles. The van der Waals surface area contributed by atoms with Gasteiger partial charge < -0.3 is 10.2 Å². The first-order valence-corrected chi connectivity index (χ1v) is 5.00. The molecule has 74 valence electrons. The van der Waals surface area contributed by atoms with E-state index >= 15 is 0 Å². The molecule has 0 radical (unpaired) electrons. The zero-order valence-electron chi connectivity index (χ0n) is 8.59. The third kappa shape index (κ3) is 1.60. The van der Waals surface area contributed by atoms with Gasteiger partial charge in [0.1, 0.15) is 0 Å². The van der Waals surface area contributed by atoms with Gasteiger partial charge in [0.25, 0.3) is 0 Å². The van der Waals surface area contributed by atoms with Gasteiger partial charge in [-0.1, -0.05) is 6.08 Å². The zero-order valence-corrected chi connectivity index (χ0v) is 8.59. The summed E-state index contributed by atoms with van der Waals surface area (Å²) >= 11 is 0. The van der Waals surface area contributed by atoms with Gasteiger partial charge in [-0.2, -0.15) is 0 Å². The number of anilines is 2. The lowest BCUT2D eigenvalue weighted by Gasteiger charge is -2.12. The van der Waals surface area contributed by atoms with E-state index in [-0.39, 0.29) is 0 Å². The Morgan fingerprint density at radius 3 is 3.21 bits per heavy atom. The molecule has 1 aliphatic rings. The molecule has 2 rings (SSSR count). The quantitative estimate of drug-likeness (QED) is 0.732. The summed E-state index contributed by atoms with van der Waals surface area (Å²) in [6.07, 6.45) is 3.04. The molecule has 1 aromatic rings. The van der Waals surface area contributed by atoms with Crippen LogP contribution in [0.2, 0.25) is 0 Å². The fourth-order valence-electron chi connectivity index (χ4n) is 1.87. The van der Waals surface area contributed by atoms with Crippen molar-refractivity contribution < 1.29 is 0 Å². The Balaban J connectivity index is 2.19. The maximum absolute atomic E-state index is 3.69. The largest absolute Gasteiger partial charge is 0.382 e. The van der Waals surface area contributed by atoms with Crippen molar-refractivity contribution in [3.05, 3.63) is 36.4 Å². The second-order valence-electron chi connectivity index (χ2n) is 3.68. The van der Waals surface area contributed by atoms with Crippen molar-refractivity contribution in [1.29, 1.82) is 0 Å². The normalized spacial score (nSPS) is 13.9. The monoisotopic (exact) mass is 188 g/mol. The lowest BCUT2D eigenvalue weighted by molar-refractivity contribution is 0.956. The molecular weight excluding hydrogens is 172 g/mol. The van der Waals surface area contributed by atoms with Gasteiger partial charge in [0.2, 0.25) is 0 Å². The molecule has 1 heterocycles. The van der Waals surface area contributed by atoms with Crippen molar-refractivity contribution >= 4 is 11.4 Å². The Bertz CT molecular complexity index is 344. The van der Waals surface area contributed by atoms with E-state index in [1.165, 1.54) is 16.9 Å². The third-order valence-electron chi connectivity index (χ3n) is 2.66. The maximum Gasteiger partial charge on any atom is 0.0398 e. The number of nitrogens with one attached hydrogen (secondary N) is 1. The average molecular weight is 188 g/mol. The maximum atomic E-state index is 3.69. The standard InChI is InChI=1S/C12H16N2/c1-3-7-13-11-4-5-12-10(9-11)6-8-14(12)2/h3-5,9,13H,1,6-8H2,2H3. The molecule has 0 spiro atoms. The van der Waals surface area contributed by atoms with Gasteiger partial charge in [-0.05, 0) is 30.2 Å². The van der Waals surface area contributed by atoms with E-state index in [2.05, 4.69) is 42.0 Å². The molecule has 0 saturated heterocycles. The van der Waals surface area contributed by atoms with Gasteiger partial charge in [0.15, 0.2) is 0 Å². The third-order valence-corrected chi connectivity index (χ3v) is 2.66. The zero-order chi connectivity index (χ0) is 9.97. The van der Waals surface area contributed by atoms with Gasteiger partial charge in [-0.3, -0.25) is 0 Å². The minimum atomic E-state index is 0.828. The van der Waals surface area contributed by atoms with Crippen molar-refractivity contribution in [2.45, 2.75) is 6.42 Å². The van der Waals surface area contributed by atoms with Crippen LogP contribution in [0.15, 0.2) is 30.9 Å². The number of nitrogens with zero attached hydrogens (tertiary/aromatic N) is 1. The highest BCUT2D eigenvalue weighted by atomic mass is 15.1. The molecule has 0 aromatic heterocycles. The van der Waals surface area contributed by atoms with E-state index in [1.54, 1.807) is 0 Å². The summed E-state index contributed by atoms with van der Waals surface area (Å²) in [6, 6.07) is 6.56. The summed E-state index contributed by atoms with van der Waals surface area (Å²) < 4.78 is 0. The Hall–Kier alpha value is -1.44. The molecule has 2 nitrogen and oxygen atoms in total. The van der Waals surface area contributed by atoms with E-state index in [4.69, 9.17) is 0 Å². The predicted octanol–water partition coefficient (Wildman–Crippen LogP) is 2.28. The summed E-state index contributed by atoms with van der Waals surface area (Å²) in [5.41, 5.74) is 4.01. The van der Waals surface area contributed by atoms with Crippen molar-refractivity contribution in [1.82, 2.24) is 0 Å². The SMILES string of the molecule is C=CCNc1ccc2c(c1)CCN2C. The van der Waals surface area contributed by atoms with Crippen molar-refractivity contribution in [3.63, 3.8) is 0 Å². The summed E-state index contributed by atoms with van der Waals surface area (Å²) in [4.78, 5) is 2.30. The molecule has 0 unspecified atom stereocenters. The van der Waals surface area contributed by atoms with Crippen LogP contribution in [0, 0.1) is 0 Å². The molecular formula is C12H16N2. The van der Waals surface area contributed by atoms with Gasteiger partial charge in [-0.25, -0.2) is 0 Å². The van der Waals surface area contributed by atoms with Crippen LogP contribution in [0.1, 0.15) is 5.56 Å². The highest BCUT2D eigenvalue weighted by Gasteiger charge is 2.14. The lowest BCUT2D eigenvalue weighted by Crippen LogP contribution is -2.12. The molecule has 0 bridgehead atoms. The number of benzene rings is 1. The van der Waals surface area contributed by atoms with Crippen LogP contribution in [-0.4, -0.2) is 20.1 Å². The number of hydrogen-bond acceptors (Lipinski definition) is 2. The summed E-state index contributed by atoms with van der Waals surface area (Å²) in [7, 11) is 2.14. The molecule has 1 aromatic carbocycles. The second kappa shape index (κ2) is 3.74. The minimum absolute atomic E-state index is 0.828. The van der Waals surface area contributed by atoms with Gasteiger partial charge in [0, 0.05) is 31.5 Å². The van der Waals surface area contributed by atoms with Crippen molar-refractivity contribution in [2.24, 2.45) is 0 Å². The summed E-state index contributed by atoms with van der Waals surface area (Å²) in [5.74, 6) is 0. The number of rotatable bonds is 3. The highest BCUT2D eigenvalue weighted by molar-refractivity contribution is 5.63. The first-order valence-electron chi connectivity index (χ1n) is 5.00. The molecule has 0 saturated carbocycles. The van der Waals surface area contributed by atoms with Crippen LogP contribution in [0.5, 0.6) is 0 Å². The predicted molar refractivity (Wildman–Crippen MR) is 62.1 cm³/mol. The van der Waals surface area contributed by atoms with Crippen molar-refractivity contribution in [2.75, 3.05) is 30.4 Å². The molecule has 2 heteroatoms. The molecule has 0 fully saturated rings. The van der Waals surface area contributed by atoms with E-state index in [9.17, 15) is 0 Å². The number of likely N-dealkylation sites (N-methyl/N-ethyl adjacent to an activating group) is 1. The first kappa shape index (κ1) is 9.13.